The zero-order chi connectivity index (χ0) is 16.7. The standard InChI is InChI=1S/C18H29FN4/c1-14(2)13-23-10-6-8-16(23)12-22-18(20-3)21-11-15-7-4-5-9-17(15)19/h4-5,7,9,14,16H,6,8,10-13H2,1-3H3,(H2,20,21,22)/t16-/m1/s1. The molecule has 23 heavy (non-hydrogen) atoms. The summed E-state index contributed by atoms with van der Waals surface area (Å²) in [5.74, 6) is 1.23. The number of aliphatic imine (C=N–C) groups is 1. The molecule has 128 valence electrons. The lowest BCUT2D eigenvalue weighted by Gasteiger charge is -2.27. The van der Waals surface area contributed by atoms with Crippen LogP contribution in [0.3, 0.4) is 0 Å². The highest BCUT2D eigenvalue weighted by molar-refractivity contribution is 5.79. The fourth-order valence-electron chi connectivity index (χ4n) is 3.09. The van der Waals surface area contributed by atoms with E-state index >= 15 is 0 Å². The maximum absolute atomic E-state index is 13.6. The lowest BCUT2D eigenvalue weighted by molar-refractivity contribution is 0.226. The third-order valence-corrected chi connectivity index (χ3v) is 4.23. The van der Waals surface area contributed by atoms with Crippen LogP contribution in [0.1, 0.15) is 32.3 Å². The Kier molecular flexibility index (Phi) is 6.84. The van der Waals surface area contributed by atoms with E-state index in [2.05, 4.69) is 34.4 Å². The Balaban J connectivity index is 1.80. The van der Waals surface area contributed by atoms with E-state index < -0.39 is 0 Å². The zero-order valence-corrected chi connectivity index (χ0v) is 14.5. The Morgan fingerprint density at radius 1 is 1.35 bits per heavy atom. The molecule has 1 aromatic rings. The van der Waals surface area contributed by atoms with Crippen molar-refractivity contribution in [3.8, 4) is 0 Å². The second kappa shape index (κ2) is 8.87. The normalized spacial score (nSPS) is 19.3. The van der Waals surface area contributed by atoms with Crippen molar-refractivity contribution in [2.75, 3.05) is 26.7 Å². The Labute approximate surface area is 139 Å². The van der Waals surface area contributed by atoms with E-state index in [-0.39, 0.29) is 5.82 Å². The molecule has 1 heterocycles. The van der Waals surface area contributed by atoms with Crippen molar-refractivity contribution in [3.05, 3.63) is 35.6 Å². The highest BCUT2D eigenvalue weighted by Crippen LogP contribution is 2.17. The van der Waals surface area contributed by atoms with Gasteiger partial charge in [-0.15, -0.1) is 0 Å². The summed E-state index contributed by atoms with van der Waals surface area (Å²) in [5, 5.41) is 6.57. The first-order chi connectivity index (χ1) is 11.1. The maximum Gasteiger partial charge on any atom is 0.191 e. The van der Waals surface area contributed by atoms with Gasteiger partial charge >= 0.3 is 0 Å². The fourth-order valence-corrected chi connectivity index (χ4v) is 3.09. The van der Waals surface area contributed by atoms with Crippen molar-refractivity contribution in [2.24, 2.45) is 10.9 Å². The van der Waals surface area contributed by atoms with Gasteiger partial charge in [0.1, 0.15) is 5.82 Å². The molecule has 0 unspecified atom stereocenters. The van der Waals surface area contributed by atoms with Crippen molar-refractivity contribution in [1.29, 1.82) is 0 Å². The summed E-state index contributed by atoms with van der Waals surface area (Å²) in [6, 6.07) is 7.38. The van der Waals surface area contributed by atoms with E-state index in [1.54, 1.807) is 19.2 Å². The molecule has 5 heteroatoms. The number of likely N-dealkylation sites (tertiary alicyclic amines) is 1. The first kappa shape index (κ1) is 17.7. The molecule has 1 aliphatic heterocycles. The molecule has 0 spiro atoms. The van der Waals surface area contributed by atoms with Gasteiger partial charge in [0.2, 0.25) is 0 Å². The SMILES string of the molecule is CN=C(NCc1ccccc1F)NC[C@H]1CCCN1CC(C)C. The minimum absolute atomic E-state index is 0.186. The molecule has 0 amide bonds. The quantitative estimate of drug-likeness (QED) is 0.625. The lowest BCUT2D eigenvalue weighted by Crippen LogP contribution is -2.45. The molecule has 1 aromatic carbocycles. The second-order valence-corrected chi connectivity index (χ2v) is 6.58. The lowest BCUT2D eigenvalue weighted by atomic mass is 10.1. The number of benzene rings is 1. The molecule has 1 fully saturated rings. The first-order valence-electron chi connectivity index (χ1n) is 8.52. The average Bonchev–Trinajstić information content (AvgIpc) is 2.95. The van der Waals surface area contributed by atoms with Gasteiger partial charge in [0, 0.05) is 38.3 Å². The third-order valence-electron chi connectivity index (χ3n) is 4.23. The molecule has 2 N–H and O–H groups in total. The van der Waals surface area contributed by atoms with Gasteiger partial charge in [0.05, 0.1) is 0 Å². The minimum atomic E-state index is -0.186. The van der Waals surface area contributed by atoms with Gasteiger partial charge in [-0.25, -0.2) is 4.39 Å². The predicted molar refractivity (Wildman–Crippen MR) is 94.0 cm³/mol. The van der Waals surface area contributed by atoms with Crippen LogP contribution in [-0.4, -0.2) is 43.6 Å². The van der Waals surface area contributed by atoms with Crippen LogP contribution >= 0.6 is 0 Å². The Bertz CT molecular complexity index is 515. The Hall–Kier alpha value is -1.62. The molecule has 4 nitrogen and oxygen atoms in total. The van der Waals surface area contributed by atoms with Crippen molar-refractivity contribution in [1.82, 2.24) is 15.5 Å². The summed E-state index contributed by atoms with van der Waals surface area (Å²) in [5.41, 5.74) is 0.651. The summed E-state index contributed by atoms with van der Waals surface area (Å²) in [4.78, 5) is 6.79. The molecule has 0 aromatic heterocycles. The van der Waals surface area contributed by atoms with Gasteiger partial charge in [-0.05, 0) is 31.4 Å². The maximum atomic E-state index is 13.6. The van der Waals surface area contributed by atoms with Crippen LogP contribution in [0.15, 0.2) is 29.3 Å². The van der Waals surface area contributed by atoms with Gasteiger partial charge < -0.3 is 10.6 Å². The number of nitrogens with zero attached hydrogens (tertiary/aromatic N) is 2. The highest BCUT2D eigenvalue weighted by atomic mass is 19.1. The molecule has 0 radical (unpaired) electrons. The van der Waals surface area contributed by atoms with Crippen LogP contribution in [0, 0.1) is 11.7 Å². The van der Waals surface area contributed by atoms with E-state index in [4.69, 9.17) is 0 Å². The van der Waals surface area contributed by atoms with Crippen LogP contribution in [0.25, 0.3) is 0 Å². The molecule has 2 rings (SSSR count). The van der Waals surface area contributed by atoms with E-state index in [9.17, 15) is 4.39 Å². The number of hydrogen-bond acceptors (Lipinski definition) is 2. The molecule has 0 bridgehead atoms. The first-order valence-corrected chi connectivity index (χ1v) is 8.52. The third kappa shape index (κ3) is 5.50. The average molecular weight is 320 g/mol. The van der Waals surface area contributed by atoms with Gasteiger partial charge in [-0.2, -0.15) is 0 Å². The topological polar surface area (TPSA) is 39.7 Å². The summed E-state index contributed by atoms with van der Waals surface area (Å²) in [7, 11) is 1.75. The molecule has 1 saturated heterocycles. The molecule has 1 atom stereocenters. The number of rotatable bonds is 6. The monoisotopic (exact) mass is 320 g/mol. The summed E-state index contributed by atoms with van der Waals surface area (Å²) in [6.45, 7) is 8.17. The van der Waals surface area contributed by atoms with Crippen LogP contribution in [0.4, 0.5) is 4.39 Å². The molecular weight excluding hydrogens is 291 g/mol. The number of guanidine groups is 1. The van der Waals surface area contributed by atoms with Crippen LogP contribution in [0.5, 0.6) is 0 Å². The van der Waals surface area contributed by atoms with Crippen LogP contribution in [-0.2, 0) is 6.54 Å². The summed E-state index contributed by atoms with van der Waals surface area (Å²) >= 11 is 0. The van der Waals surface area contributed by atoms with Crippen molar-refractivity contribution >= 4 is 5.96 Å². The number of halogens is 1. The molecule has 0 aliphatic carbocycles. The van der Waals surface area contributed by atoms with Gasteiger partial charge in [-0.3, -0.25) is 9.89 Å². The van der Waals surface area contributed by atoms with E-state index in [0.717, 1.165) is 19.0 Å². The predicted octanol–water partition coefficient (Wildman–Crippen LogP) is 2.61. The van der Waals surface area contributed by atoms with Crippen LogP contribution in [0.2, 0.25) is 0 Å². The van der Waals surface area contributed by atoms with E-state index in [1.807, 2.05) is 6.07 Å². The molecule has 0 saturated carbocycles. The van der Waals surface area contributed by atoms with Crippen molar-refractivity contribution in [2.45, 2.75) is 39.3 Å². The largest absolute Gasteiger partial charge is 0.355 e. The second-order valence-electron chi connectivity index (χ2n) is 6.58. The van der Waals surface area contributed by atoms with Crippen LogP contribution < -0.4 is 10.6 Å². The zero-order valence-electron chi connectivity index (χ0n) is 14.5. The minimum Gasteiger partial charge on any atom is -0.355 e. The van der Waals surface area contributed by atoms with Gasteiger partial charge in [0.25, 0.3) is 0 Å². The number of nitrogens with one attached hydrogen (secondary N) is 2. The highest BCUT2D eigenvalue weighted by Gasteiger charge is 2.24. The smallest absolute Gasteiger partial charge is 0.191 e. The van der Waals surface area contributed by atoms with Gasteiger partial charge in [0.15, 0.2) is 5.96 Å². The Morgan fingerprint density at radius 2 is 2.13 bits per heavy atom. The molecular formula is C18H29FN4. The van der Waals surface area contributed by atoms with Gasteiger partial charge in [-0.1, -0.05) is 32.0 Å². The summed E-state index contributed by atoms with van der Waals surface area (Å²) in [6.07, 6.45) is 2.49. The summed E-state index contributed by atoms with van der Waals surface area (Å²) < 4.78 is 13.6. The van der Waals surface area contributed by atoms with E-state index in [1.165, 1.54) is 25.5 Å². The fraction of sp³-hybridized carbons (Fsp3) is 0.611. The molecule has 1 aliphatic rings. The van der Waals surface area contributed by atoms with Crippen molar-refractivity contribution < 1.29 is 4.39 Å². The van der Waals surface area contributed by atoms with E-state index in [0.29, 0.717) is 24.1 Å². The Morgan fingerprint density at radius 3 is 2.83 bits per heavy atom. The number of hydrogen-bond donors (Lipinski definition) is 2. The van der Waals surface area contributed by atoms with Crippen molar-refractivity contribution in [3.63, 3.8) is 0 Å².